The Labute approximate surface area is 108 Å². The molecule has 3 heterocycles. The highest BCUT2D eigenvalue weighted by atomic mass is 16.4. The van der Waals surface area contributed by atoms with Crippen molar-refractivity contribution >= 4 is 11.6 Å². The molecule has 19 heavy (non-hydrogen) atoms. The van der Waals surface area contributed by atoms with Gasteiger partial charge in [-0.15, -0.1) is 0 Å². The first kappa shape index (κ1) is 11.3. The maximum Gasteiger partial charge on any atom is 0.341 e. The Morgan fingerprint density at radius 1 is 1.32 bits per heavy atom. The van der Waals surface area contributed by atoms with E-state index in [2.05, 4.69) is 15.1 Å². The molecule has 0 aliphatic heterocycles. The van der Waals surface area contributed by atoms with E-state index in [-0.39, 0.29) is 5.56 Å². The second-order valence-corrected chi connectivity index (χ2v) is 4.12. The summed E-state index contributed by atoms with van der Waals surface area (Å²) in [5.41, 5.74) is 2.88. The Hall–Kier alpha value is -2.76. The van der Waals surface area contributed by atoms with Gasteiger partial charge < -0.3 is 5.11 Å². The predicted octanol–water partition coefficient (Wildman–Crippen LogP) is 1.80. The van der Waals surface area contributed by atoms with Gasteiger partial charge in [-0.3, -0.25) is 4.98 Å². The van der Waals surface area contributed by atoms with Crippen molar-refractivity contribution < 1.29 is 9.90 Å². The van der Waals surface area contributed by atoms with Gasteiger partial charge in [-0.05, 0) is 25.1 Å². The summed E-state index contributed by atoms with van der Waals surface area (Å²) < 4.78 is 1.53. The van der Waals surface area contributed by atoms with Crippen molar-refractivity contribution in [1.29, 1.82) is 0 Å². The van der Waals surface area contributed by atoms with E-state index in [0.29, 0.717) is 5.65 Å². The molecule has 0 fully saturated rings. The summed E-state index contributed by atoms with van der Waals surface area (Å²) in [6.45, 7) is 1.82. The minimum absolute atomic E-state index is 0.0963. The lowest BCUT2D eigenvalue weighted by Gasteiger charge is -2.06. The molecule has 1 N–H and O–H groups in total. The van der Waals surface area contributed by atoms with Crippen molar-refractivity contribution in [2.24, 2.45) is 0 Å². The number of rotatable bonds is 2. The summed E-state index contributed by atoms with van der Waals surface area (Å²) in [5.74, 6) is -1.03. The average molecular weight is 254 g/mol. The lowest BCUT2D eigenvalue weighted by molar-refractivity contribution is 0.0699. The molecular weight excluding hydrogens is 244 g/mol. The standard InChI is InChI=1S/C13H10N4O2/c1-8-6-11(9-2-4-14-5-3-9)17-12(16-8)10(7-15-17)13(18)19/h2-7H,1H3,(H,18,19). The Bertz CT molecular complexity index is 765. The third-order valence-corrected chi connectivity index (χ3v) is 2.81. The predicted molar refractivity (Wildman–Crippen MR) is 67.9 cm³/mol. The molecule has 94 valence electrons. The molecule has 3 rings (SSSR count). The molecule has 0 saturated heterocycles. The van der Waals surface area contributed by atoms with Crippen molar-refractivity contribution in [1.82, 2.24) is 19.6 Å². The fraction of sp³-hybridized carbons (Fsp3) is 0.0769. The van der Waals surface area contributed by atoms with Crippen LogP contribution in [0.25, 0.3) is 16.9 Å². The Morgan fingerprint density at radius 3 is 2.74 bits per heavy atom. The Morgan fingerprint density at radius 2 is 2.05 bits per heavy atom. The average Bonchev–Trinajstić information content (AvgIpc) is 2.82. The summed E-state index contributed by atoms with van der Waals surface area (Å²) in [6, 6.07) is 5.55. The van der Waals surface area contributed by atoms with Gasteiger partial charge in [-0.25, -0.2) is 14.3 Å². The first-order valence-electron chi connectivity index (χ1n) is 5.66. The zero-order valence-electron chi connectivity index (χ0n) is 10.1. The van der Waals surface area contributed by atoms with Crippen LogP contribution in [-0.4, -0.2) is 30.7 Å². The van der Waals surface area contributed by atoms with Crippen LogP contribution in [0.15, 0.2) is 36.8 Å². The fourth-order valence-corrected chi connectivity index (χ4v) is 1.96. The summed E-state index contributed by atoms with van der Waals surface area (Å²) in [4.78, 5) is 19.3. The van der Waals surface area contributed by atoms with E-state index < -0.39 is 5.97 Å². The Kier molecular flexibility index (Phi) is 2.49. The fourth-order valence-electron chi connectivity index (χ4n) is 1.96. The van der Waals surface area contributed by atoms with Crippen LogP contribution in [0.1, 0.15) is 16.1 Å². The number of hydrogen-bond acceptors (Lipinski definition) is 4. The molecule has 0 aliphatic rings. The van der Waals surface area contributed by atoms with Crippen LogP contribution in [0, 0.1) is 6.92 Å². The largest absolute Gasteiger partial charge is 0.477 e. The van der Waals surface area contributed by atoms with Crippen LogP contribution in [0.2, 0.25) is 0 Å². The molecule has 0 aromatic carbocycles. The highest BCUT2D eigenvalue weighted by Crippen LogP contribution is 2.21. The smallest absolute Gasteiger partial charge is 0.341 e. The van der Waals surface area contributed by atoms with Crippen molar-refractivity contribution in [3.63, 3.8) is 0 Å². The van der Waals surface area contributed by atoms with E-state index >= 15 is 0 Å². The molecule has 0 amide bonds. The monoisotopic (exact) mass is 254 g/mol. The maximum absolute atomic E-state index is 11.1. The van der Waals surface area contributed by atoms with Crippen LogP contribution in [0.4, 0.5) is 0 Å². The van der Waals surface area contributed by atoms with Crippen LogP contribution < -0.4 is 0 Å². The molecule has 0 atom stereocenters. The quantitative estimate of drug-likeness (QED) is 0.754. The number of carbonyl (C=O) groups is 1. The van der Waals surface area contributed by atoms with Crippen LogP contribution >= 0.6 is 0 Å². The lowest BCUT2D eigenvalue weighted by atomic mass is 10.1. The topological polar surface area (TPSA) is 80.4 Å². The number of aryl methyl sites for hydroxylation is 1. The molecule has 0 spiro atoms. The number of fused-ring (bicyclic) bond motifs is 1. The third kappa shape index (κ3) is 1.83. The van der Waals surface area contributed by atoms with Gasteiger partial charge in [0.15, 0.2) is 5.65 Å². The minimum atomic E-state index is -1.03. The first-order chi connectivity index (χ1) is 9.16. The van der Waals surface area contributed by atoms with Gasteiger partial charge in [-0.2, -0.15) is 5.10 Å². The second-order valence-electron chi connectivity index (χ2n) is 4.12. The lowest BCUT2D eigenvalue weighted by Crippen LogP contribution is -2.01. The SMILES string of the molecule is Cc1cc(-c2ccncc2)n2ncc(C(=O)O)c2n1. The molecular formula is C13H10N4O2. The highest BCUT2D eigenvalue weighted by molar-refractivity contribution is 5.94. The molecule has 0 radical (unpaired) electrons. The normalized spacial score (nSPS) is 10.8. The summed E-state index contributed by atoms with van der Waals surface area (Å²) in [7, 11) is 0. The van der Waals surface area contributed by atoms with Crippen LogP contribution in [0.3, 0.4) is 0 Å². The molecule has 3 aromatic rings. The van der Waals surface area contributed by atoms with Crippen molar-refractivity contribution in [2.75, 3.05) is 0 Å². The van der Waals surface area contributed by atoms with Gasteiger partial charge in [-0.1, -0.05) is 0 Å². The number of pyridine rings is 1. The number of carboxylic acids is 1. The van der Waals surface area contributed by atoms with E-state index in [4.69, 9.17) is 5.11 Å². The molecule has 6 nitrogen and oxygen atoms in total. The summed E-state index contributed by atoms with van der Waals surface area (Å²) in [5, 5.41) is 13.2. The van der Waals surface area contributed by atoms with Crippen molar-refractivity contribution in [3.8, 4) is 11.3 Å². The van der Waals surface area contributed by atoms with Gasteiger partial charge in [0, 0.05) is 23.7 Å². The summed E-state index contributed by atoms with van der Waals surface area (Å²) in [6.07, 6.45) is 4.67. The molecule has 0 saturated carbocycles. The van der Waals surface area contributed by atoms with Gasteiger partial charge >= 0.3 is 5.97 Å². The van der Waals surface area contributed by atoms with Crippen LogP contribution in [0.5, 0.6) is 0 Å². The molecule has 0 bridgehead atoms. The van der Waals surface area contributed by atoms with Crippen molar-refractivity contribution in [2.45, 2.75) is 6.92 Å². The zero-order valence-corrected chi connectivity index (χ0v) is 10.1. The molecule has 6 heteroatoms. The first-order valence-corrected chi connectivity index (χ1v) is 5.66. The van der Waals surface area contributed by atoms with Gasteiger partial charge in [0.1, 0.15) is 5.56 Å². The Balaban J connectivity index is 2.34. The van der Waals surface area contributed by atoms with Crippen molar-refractivity contribution in [3.05, 3.63) is 48.0 Å². The number of carboxylic acid groups (broad SMARTS) is 1. The number of nitrogens with zero attached hydrogens (tertiary/aromatic N) is 4. The van der Waals surface area contributed by atoms with Gasteiger partial charge in [0.2, 0.25) is 0 Å². The van der Waals surface area contributed by atoms with E-state index in [1.54, 1.807) is 12.4 Å². The van der Waals surface area contributed by atoms with Gasteiger partial charge in [0.25, 0.3) is 0 Å². The van der Waals surface area contributed by atoms with E-state index in [1.165, 1.54) is 10.7 Å². The molecule has 3 aromatic heterocycles. The maximum atomic E-state index is 11.1. The van der Waals surface area contributed by atoms with Gasteiger partial charge in [0.05, 0.1) is 11.9 Å². The van der Waals surface area contributed by atoms with Crippen LogP contribution in [-0.2, 0) is 0 Å². The molecule has 0 unspecified atom stereocenters. The third-order valence-electron chi connectivity index (χ3n) is 2.81. The number of hydrogen-bond donors (Lipinski definition) is 1. The summed E-state index contributed by atoms with van der Waals surface area (Å²) >= 11 is 0. The highest BCUT2D eigenvalue weighted by Gasteiger charge is 2.15. The second kappa shape index (κ2) is 4.16. The van der Waals surface area contributed by atoms with E-state index in [9.17, 15) is 4.79 Å². The number of aromatic carboxylic acids is 1. The number of aromatic nitrogens is 4. The van der Waals surface area contributed by atoms with E-state index in [1.807, 2.05) is 25.1 Å². The zero-order chi connectivity index (χ0) is 13.4. The minimum Gasteiger partial charge on any atom is -0.477 e. The van der Waals surface area contributed by atoms with E-state index in [0.717, 1.165) is 17.0 Å². The molecule has 0 aliphatic carbocycles.